The van der Waals surface area contributed by atoms with Crippen LogP contribution >= 0.6 is 0 Å². The summed E-state index contributed by atoms with van der Waals surface area (Å²) in [7, 11) is 0. The van der Waals surface area contributed by atoms with Crippen molar-refractivity contribution >= 4 is 43.9 Å². The number of nitrogens with zero attached hydrogens (tertiary/aromatic N) is 5. The highest BCUT2D eigenvalue weighted by Gasteiger charge is 2.20. The van der Waals surface area contributed by atoms with Crippen molar-refractivity contribution < 1.29 is 8.83 Å². The third-order valence-electron chi connectivity index (χ3n) is 12.6. The van der Waals surface area contributed by atoms with Crippen LogP contribution in [0, 0.1) is 0 Å². The molecule has 0 unspecified atom stereocenters. The van der Waals surface area contributed by atoms with Crippen LogP contribution < -0.4 is 0 Å². The number of aromatic nitrogens is 5. The van der Waals surface area contributed by atoms with Crippen LogP contribution in [0.4, 0.5) is 0 Å². The Kier molecular flexibility index (Phi) is 9.35. The van der Waals surface area contributed by atoms with Crippen LogP contribution in [0.5, 0.6) is 0 Å². The lowest BCUT2D eigenvalue weighted by Crippen LogP contribution is -2.00. The summed E-state index contributed by atoms with van der Waals surface area (Å²) < 4.78 is 13.1. The van der Waals surface area contributed by atoms with Gasteiger partial charge in [-0.1, -0.05) is 182 Å². The van der Waals surface area contributed by atoms with Crippen LogP contribution in [0.2, 0.25) is 0 Å². The Balaban J connectivity index is 0.910. The van der Waals surface area contributed by atoms with Gasteiger partial charge >= 0.3 is 0 Å². The van der Waals surface area contributed by atoms with Gasteiger partial charge in [-0.3, -0.25) is 0 Å². The molecule has 0 radical (unpaired) electrons. The minimum atomic E-state index is 0.528. The standard InChI is InChI=1S/C61H37N5O2/c1-4-16-38(17-5-1)46-27-14-28-49-50-29-15-30-51(57(50)68-56(46)49)61-65-59(40-20-8-3-9-21-40)64-60(66-61)45-25-13-23-42(35-45)41-22-12-24-43(34-41)52-37-53(63-58(62-52)39-18-6-2-7-19-39)44-32-33-48-47-26-10-11-31-54(47)67-55(48)36-44/h1-37H. The van der Waals surface area contributed by atoms with E-state index in [-0.39, 0.29) is 0 Å². The molecule has 4 heterocycles. The summed E-state index contributed by atoms with van der Waals surface area (Å²) in [5.41, 5.74) is 14.4. The number of rotatable bonds is 8. The molecule has 9 aromatic carbocycles. The first-order valence-corrected chi connectivity index (χ1v) is 22.6. The SMILES string of the molecule is c1ccc(-c2nc(-c3cccc(-c4cccc(-c5nc(-c6ccccc6)nc(-c6cccc7c6oc6c(-c8ccccc8)cccc67)n5)c4)c3)cc(-c3ccc4c(c3)oc3ccccc34)n2)cc1. The van der Waals surface area contributed by atoms with Crippen LogP contribution in [0.15, 0.2) is 233 Å². The molecule has 318 valence electrons. The van der Waals surface area contributed by atoms with Gasteiger partial charge in [0.05, 0.1) is 17.0 Å². The number of hydrogen-bond acceptors (Lipinski definition) is 7. The van der Waals surface area contributed by atoms with Crippen molar-refractivity contribution in [1.82, 2.24) is 24.9 Å². The van der Waals surface area contributed by atoms with Crippen LogP contribution in [-0.4, -0.2) is 24.9 Å². The van der Waals surface area contributed by atoms with E-state index in [1.807, 2.05) is 109 Å². The Bertz CT molecular complexity index is 4030. The van der Waals surface area contributed by atoms with Gasteiger partial charge in [-0.05, 0) is 59.2 Å². The zero-order valence-corrected chi connectivity index (χ0v) is 36.4. The summed E-state index contributed by atoms with van der Waals surface area (Å²) in [5.74, 6) is 2.30. The van der Waals surface area contributed by atoms with Crippen molar-refractivity contribution in [1.29, 1.82) is 0 Å². The average molecular weight is 872 g/mol. The lowest BCUT2D eigenvalue weighted by Gasteiger charge is -2.12. The second kappa shape index (κ2) is 16.3. The lowest BCUT2D eigenvalue weighted by molar-refractivity contribution is 0.669. The van der Waals surface area contributed by atoms with E-state index in [1.165, 1.54) is 0 Å². The van der Waals surface area contributed by atoms with Crippen LogP contribution in [0.3, 0.4) is 0 Å². The highest BCUT2D eigenvalue weighted by Crippen LogP contribution is 2.40. The molecule has 0 aliphatic heterocycles. The minimum absolute atomic E-state index is 0.528. The lowest BCUT2D eigenvalue weighted by atomic mass is 9.99. The number of para-hydroxylation sites is 3. The summed E-state index contributed by atoms with van der Waals surface area (Å²) in [4.78, 5) is 25.7. The second-order valence-corrected chi connectivity index (χ2v) is 16.8. The van der Waals surface area contributed by atoms with Gasteiger partial charge in [0.2, 0.25) is 0 Å². The van der Waals surface area contributed by atoms with Crippen LogP contribution in [0.1, 0.15) is 0 Å². The average Bonchev–Trinajstić information content (AvgIpc) is 4.00. The molecule has 0 saturated heterocycles. The zero-order valence-electron chi connectivity index (χ0n) is 36.4. The van der Waals surface area contributed by atoms with E-state index in [2.05, 4.69) is 115 Å². The highest BCUT2D eigenvalue weighted by atomic mass is 16.3. The maximum Gasteiger partial charge on any atom is 0.167 e. The van der Waals surface area contributed by atoms with Crippen molar-refractivity contribution in [2.45, 2.75) is 0 Å². The van der Waals surface area contributed by atoms with Crippen LogP contribution in [0.25, 0.3) is 134 Å². The summed E-state index contributed by atoms with van der Waals surface area (Å²) in [6, 6.07) is 76.3. The van der Waals surface area contributed by atoms with Crippen molar-refractivity contribution in [3.8, 4) is 90.3 Å². The molecule has 0 fully saturated rings. The quantitative estimate of drug-likeness (QED) is 0.150. The predicted molar refractivity (Wildman–Crippen MR) is 273 cm³/mol. The maximum atomic E-state index is 6.82. The molecule has 0 saturated carbocycles. The molecular formula is C61H37N5O2. The van der Waals surface area contributed by atoms with Crippen molar-refractivity contribution in [3.63, 3.8) is 0 Å². The Morgan fingerprint density at radius 2 is 0.691 bits per heavy atom. The van der Waals surface area contributed by atoms with Crippen molar-refractivity contribution in [2.24, 2.45) is 0 Å². The van der Waals surface area contributed by atoms with Crippen molar-refractivity contribution in [3.05, 3.63) is 224 Å². The van der Waals surface area contributed by atoms with Gasteiger partial charge in [-0.25, -0.2) is 24.9 Å². The second-order valence-electron chi connectivity index (χ2n) is 16.8. The highest BCUT2D eigenvalue weighted by molar-refractivity contribution is 6.12. The topological polar surface area (TPSA) is 90.7 Å². The molecule has 0 amide bonds. The Morgan fingerprint density at radius 1 is 0.235 bits per heavy atom. The summed E-state index contributed by atoms with van der Waals surface area (Å²) in [6.45, 7) is 0. The van der Waals surface area contributed by atoms with Gasteiger partial charge in [0.1, 0.15) is 22.3 Å². The van der Waals surface area contributed by atoms with Gasteiger partial charge < -0.3 is 8.83 Å². The first-order valence-electron chi connectivity index (χ1n) is 22.6. The number of furan rings is 2. The van der Waals surface area contributed by atoms with E-state index in [0.29, 0.717) is 23.3 Å². The normalized spacial score (nSPS) is 11.5. The number of fused-ring (bicyclic) bond motifs is 6. The van der Waals surface area contributed by atoms with E-state index in [1.54, 1.807) is 0 Å². The third kappa shape index (κ3) is 6.98. The summed E-state index contributed by atoms with van der Waals surface area (Å²) in [5, 5.41) is 4.20. The number of benzene rings is 9. The molecule has 4 aromatic heterocycles. The van der Waals surface area contributed by atoms with Gasteiger partial charge in [-0.2, -0.15) is 0 Å². The molecule has 7 nitrogen and oxygen atoms in total. The van der Waals surface area contributed by atoms with E-state index < -0.39 is 0 Å². The fourth-order valence-electron chi connectivity index (χ4n) is 9.22. The molecule has 13 rings (SSSR count). The van der Waals surface area contributed by atoms with Crippen molar-refractivity contribution in [2.75, 3.05) is 0 Å². The zero-order chi connectivity index (χ0) is 45.0. The minimum Gasteiger partial charge on any atom is -0.456 e. The Labute approximate surface area is 390 Å². The molecule has 0 N–H and O–H groups in total. The monoisotopic (exact) mass is 871 g/mol. The Morgan fingerprint density at radius 3 is 1.38 bits per heavy atom. The third-order valence-corrected chi connectivity index (χ3v) is 12.6. The summed E-state index contributed by atoms with van der Waals surface area (Å²) >= 11 is 0. The van der Waals surface area contributed by atoms with Gasteiger partial charge in [0, 0.05) is 54.9 Å². The van der Waals surface area contributed by atoms with E-state index in [0.717, 1.165) is 111 Å². The van der Waals surface area contributed by atoms with E-state index in [9.17, 15) is 0 Å². The largest absolute Gasteiger partial charge is 0.456 e. The molecule has 0 aliphatic rings. The number of hydrogen-bond donors (Lipinski definition) is 0. The smallest absolute Gasteiger partial charge is 0.167 e. The molecule has 0 bridgehead atoms. The first-order chi connectivity index (χ1) is 33.7. The van der Waals surface area contributed by atoms with E-state index >= 15 is 0 Å². The molecule has 0 atom stereocenters. The van der Waals surface area contributed by atoms with Gasteiger partial charge in [0.25, 0.3) is 0 Å². The van der Waals surface area contributed by atoms with Gasteiger partial charge in [0.15, 0.2) is 23.3 Å². The molecule has 68 heavy (non-hydrogen) atoms. The maximum absolute atomic E-state index is 6.82. The Hall–Kier alpha value is -9.33. The van der Waals surface area contributed by atoms with Crippen LogP contribution in [-0.2, 0) is 0 Å². The predicted octanol–water partition coefficient (Wildman–Crippen LogP) is 15.8. The fourth-order valence-corrected chi connectivity index (χ4v) is 9.22. The first kappa shape index (κ1) is 39.1. The van der Waals surface area contributed by atoms with Gasteiger partial charge in [-0.15, -0.1) is 0 Å². The molecular weight excluding hydrogens is 835 g/mol. The molecule has 7 heteroatoms. The summed E-state index contributed by atoms with van der Waals surface area (Å²) in [6.07, 6.45) is 0. The molecule has 13 aromatic rings. The molecule has 0 spiro atoms. The van der Waals surface area contributed by atoms with E-state index in [4.69, 9.17) is 33.8 Å². The molecule has 0 aliphatic carbocycles. The fraction of sp³-hybridized carbons (Fsp3) is 0.